The lowest BCUT2D eigenvalue weighted by Gasteiger charge is -2.36. The summed E-state index contributed by atoms with van der Waals surface area (Å²) in [6.07, 6.45) is 6.64. The third-order valence-electron chi connectivity index (χ3n) is 4.64. The maximum absolute atomic E-state index is 11.4. The van der Waals surface area contributed by atoms with E-state index in [4.69, 9.17) is 0 Å². The summed E-state index contributed by atoms with van der Waals surface area (Å²) in [7, 11) is 1.76. The third-order valence-corrected chi connectivity index (χ3v) is 4.64. The van der Waals surface area contributed by atoms with Gasteiger partial charge < -0.3 is 9.47 Å². The number of hydrogen-bond acceptors (Lipinski definition) is 6. The molecule has 1 fully saturated rings. The number of fused-ring (bicyclic) bond motifs is 1. The highest BCUT2D eigenvalue weighted by atomic mass is 16.1. The Morgan fingerprint density at radius 2 is 1.92 bits per heavy atom. The van der Waals surface area contributed by atoms with Crippen molar-refractivity contribution in [1.82, 2.24) is 24.4 Å². The van der Waals surface area contributed by atoms with E-state index in [0.717, 1.165) is 49.3 Å². The molecule has 0 bridgehead atoms. The molecule has 0 atom stereocenters. The molecular formula is C18H20N6O. The van der Waals surface area contributed by atoms with Gasteiger partial charge in [-0.05, 0) is 18.2 Å². The quantitative estimate of drug-likeness (QED) is 0.712. The summed E-state index contributed by atoms with van der Waals surface area (Å²) >= 11 is 0. The van der Waals surface area contributed by atoms with Gasteiger partial charge in [0.25, 0.3) is 5.56 Å². The monoisotopic (exact) mass is 336 g/mol. The third kappa shape index (κ3) is 3.36. The van der Waals surface area contributed by atoms with Gasteiger partial charge in [-0.2, -0.15) is 0 Å². The van der Waals surface area contributed by atoms with Crippen LogP contribution < -0.4 is 10.5 Å². The minimum absolute atomic E-state index is 0.0751. The van der Waals surface area contributed by atoms with E-state index in [2.05, 4.69) is 36.9 Å². The van der Waals surface area contributed by atoms with E-state index in [1.165, 1.54) is 11.9 Å². The number of aryl methyl sites for hydroxylation is 1. The lowest BCUT2D eigenvalue weighted by Crippen LogP contribution is -2.46. The van der Waals surface area contributed by atoms with Gasteiger partial charge in [-0.15, -0.1) is 0 Å². The molecule has 0 aliphatic carbocycles. The average molecular weight is 336 g/mol. The van der Waals surface area contributed by atoms with E-state index in [0.29, 0.717) is 0 Å². The van der Waals surface area contributed by atoms with Crippen molar-refractivity contribution in [2.75, 3.05) is 31.1 Å². The van der Waals surface area contributed by atoms with Crippen LogP contribution >= 0.6 is 0 Å². The Balaban J connectivity index is 1.41. The van der Waals surface area contributed by atoms with Crippen LogP contribution in [-0.4, -0.2) is 50.6 Å². The molecule has 0 radical (unpaired) electrons. The van der Waals surface area contributed by atoms with Crippen molar-refractivity contribution < 1.29 is 0 Å². The summed E-state index contributed by atoms with van der Waals surface area (Å²) < 4.78 is 1.58. The zero-order valence-corrected chi connectivity index (χ0v) is 14.2. The lowest BCUT2D eigenvalue weighted by atomic mass is 10.2. The smallest absolute Gasteiger partial charge is 0.268 e. The van der Waals surface area contributed by atoms with Gasteiger partial charge in [0.1, 0.15) is 6.33 Å². The van der Waals surface area contributed by atoms with Crippen molar-refractivity contribution in [3.05, 3.63) is 59.2 Å². The summed E-state index contributed by atoms with van der Waals surface area (Å²) in [5, 5.41) is 1.07. The molecular weight excluding hydrogens is 316 g/mol. The van der Waals surface area contributed by atoms with Gasteiger partial charge in [-0.25, -0.2) is 9.97 Å². The molecule has 1 aromatic carbocycles. The van der Waals surface area contributed by atoms with Crippen molar-refractivity contribution in [1.29, 1.82) is 0 Å². The van der Waals surface area contributed by atoms with Gasteiger partial charge in [0, 0.05) is 63.2 Å². The standard InChI is InChI=1S/C18H20N6O/c1-22-11-15(20-10-18(22)25)12-23-4-6-24(7-5-23)16-2-3-17-14(8-16)9-19-13-21-17/h2-3,8-11,13H,4-7,12H2,1H3. The van der Waals surface area contributed by atoms with Gasteiger partial charge in [0.05, 0.1) is 17.4 Å². The highest BCUT2D eigenvalue weighted by Crippen LogP contribution is 2.21. The number of rotatable bonds is 3. The Bertz CT molecular complexity index is 945. The van der Waals surface area contributed by atoms with Crippen LogP contribution in [0.2, 0.25) is 0 Å². The molecule has 1 saturated heterocycles. The van der Waals surface area contributed by atoms with Crippen molar-refractivity contribution in [3.63, 3.8) is 0 Å². The zero-order valence-electron chi connectivity index (χ0n) is 14.2. The Morgan fingerprint density at radius 3 is 2.72 bits per heavy atom. The second-order valence-corrected chi connectivity index (χ2v) is 6.36. The molecule has 0 saturated carbocycles. The molecule has 2 aromatic heterocycles. The normalized spacial score (nSPS) is 15.6. The van der Waals surface area contributed by atoms with Crippen LogP contribution in [0.25, 0.3) is 10.9 Å². The molecule has 0 spiro atoms. The van der Waals surface area contributed by atoms with Gasteiger partial charge in [0.2, 0.25) is 0 Å². The van der Waals surface area contributed by atoms with E-state index in [1.807, 2.05) is 18.5 Å². The molecule has 25 heavy (non-hydrogen) atoms. The van der Waals surface area contributed by atoms with Gasteiger partial charge in [-0.1, -0.05) is 0 Å². The van der Waals surface area contributed by atoms with E-state index in [-0.39, 0.29) is 5.56 Å². The topological polar surface area (TPSA) is 67.2 Å². The second kappa shape index (κ2) is 6.60. The SMILES string of the molecule is Cn1cc(CN2CCN(c3ccc4ncncc4c3)CC2)ncc1=O. The fraction of sp³-hybridized carbons (Fsp3) is 0.333. The number of hydrogen-bond donors (Lipinski definition) is 0. The highest BCUT2D eigenvalue weighted by molar-refractivity contribution is 5.81. The van der Waals surface area contributed by atoms with Gasteiger partial charge in [0.15, 0.2) is 0 Å². The summed E-state index contributed by atoms with van der Waals surface area (Å²) in [5.41, 5.74) is 3.03. The van der Waals surface area contributed by atoms with Crippen LogP contribution in [0.15, 0.2) is 47.9 Å². The Labute approximate surface area is 145 Å². The zero-order chi connectivity index (χ0) is 17.2. The molecule has 3 heterocycles. The van der Waals surface area contributed by atoms with E-state index >= 15 is 0 Å². The van der Waals surface area contributed by atoms with Gasteiger partial charge >= 0.3 is 0 Å². The number of benzene rings is 1. The van der Waals surface area contributed by atoms with E-state index < -0.39 is 0 Å². The highest BCUT2D eigenvalue weighted by Gasteiger charge is 2.18. The average Bonchev–Trinajstić information content (AvgIpc) is 2.65. The predicted molar refractivity (Wildman–Crippen MR) is 96.5 cm³/mol. The number of anilines is 1. The van der Waals surface area contributed by atoms with Crippen LogP contribution in [0.3, 0.4) is 0 Å². The summed E-state index contributed by atoms with van der Waals surface area (Å²) in [5.74, 6) is 0. The largest absolute Gasteiger partial charge is 0.369 e. The molecule has 7 nitrogen and oxygen atoms in total. The maximum Gasteiger partial charge on any atom is 0.268 e. The number of aromatic nitrogens is 4. The minimum atomic E-state index is -0.0751. The predicted octanol–water partition coefficient (Wildman–Crippen LogP) is 1.05. The summed E-state index contributed by atoms with van der Waals surface area (Å²) in [6, 6.07) is 6.33. The van der Waals surface area contributed by atoms with Crippen LogP contribution in [-0.2, 0) is 13.6 Å². The lowest BCUT2D eigenvalue weighted by molar-refractivity contribution is 0.246. The van der Waals surface area contributed by atoms with Crippen LogP contribution in [0.5, 0.6) is 0 Å². The first kappa shape index (κ1) is 15.7. The Hall–Kier alpha value is -2.80. The van der Waals surface area contributed by atoms with Crippen LogP contribution in [0.1, 0.15) is 5.69 Å². The molecule has 7 heteroatoms. The molecule has 4 rings (SSSR count). The minimum Gasteiger partial charge on any atom is -0.369 e. The molecule has 0 unspecified atom stereocenters. The number of nitrogens with zero attached hydrogens (tertiary/aromatic N) is 6. The second-order valence-electron chi connectivity index (χ2n) is 6.36. The summed E-state index contributed by atoms with van der Waals surface area (Å²) in [4.78, 5) is 28.8. The maximum atomic E-state index is 11.4. The first-order valence-corrected chi connectivity index (χ1v) is 8.38. The summed E-state index contributed by atoms with van der Waals surface area (Å²) in [6.45, 7) is 4.63. The van der Waals surface area contributed by atoms with Crippen molar-refractivity contribution >= 4 is 16.6 Å². The number of piperazine rings is 1. The van der Waals surface area contributed by atoms with Crippen molar-refractivity contribution in [2.24, 2.45) is 7.05 Å². The van der Waals surface area contributed by atoms with Crippen molar-refractivity contribution in [3.8, 4) is 0 Å². The fourth-order valence-electron chi connectivity index (χ4n) is 3.19. The Morgan fingerprint density at radius 1 is 1.08 bits per heavy atom. The van der Waals surface area contributed by atoms with Crippen LogP contribution in [0, 0.1) is 0 Å². The van der Waals surface area contributed by atoms with Crippen LogP contribution in [0.4, 0.5) is 5.69 Å². The molecule has 1 aliphatic rings. The first-order valence-electron chi connectivity index (χ1n) is 8.38. The van der Waals surface area contributed by atoms with E-state index in [9.17, 15) is 4.79 Å². The van der Waals surface area contributed by atoms with Gasteiger partial charge in [-0.3, -0.25) is 14.7 Å². The molecule has 128 valence electrons. The fourth-order valence-corrected chi connectivity index (χ4v) is 3.19. The molecule has 1 aliphatic heterocycles. The van der Waals surface area contributed by atoms with E-state index in [1.54, 1.807) is 17.9 Å². The molecule has 3 aromatic rings. The van der Waals surface area contributed by atoms with Crippen molar-refractivity contribution in [2.45, 2.75) is 6.54 Å². The Kier molecular flexibility index (Phi) is 4.15. The molecule has 0 N–H and O–H groups in total. The first-order chi connectivity index (χ1) is 12.2. The molecule has 0 amide bonds.